The molecule has 0 amide bonds. The number of carboxylic acids is 1. The number of carbonyl (C=O) groups is 1. The zero-order chi connectivity index (χ0) is 31.3. The van der Waals surface area contributed by atoms with Crippen molar-refractivity contribution in [2.24, 2.45) is 11.8 Å². The van der Waals surface area contributed by atoms with Gasteiger partial charge in [0.05, 0.1) is 17.0 Å². The minimum absolute atomic E-state index is 0.210. The fraction of sp³-hybridized carbons (Fsp3) is 0.410. The van der Waals surface area contributed by atoms with Crippen LogP contribution in [-0.2, 0) is 0 Å². The molecular formula is C39H44ClNO2S2. The second-order valence-corrected chi connectivity index (χ2v) is 15.8. The molecule has 2 N–H and O–H groups in total. The van der Waals surface area contributed by atoms with Gasteiger partial charge in [0.1, 0.15) is 0 Å². The van der Waals surface area contributed by atoms with Gasteiger partial charge in [0, 0.05) is 24.8 Å². The number of anilines is 1. The Morgan fingerprint density at radius 2 is 1.20 bits per heavy atom. The van der Waals surface area contributed by atoms with Crippen LogP contribution in [0, 0.1) is 25.7 Å². The number of aryl methyl sites for hydroxylation is 2. The van der Waals surface area contributed by atoms with Crippen LogP contribution in [0.4, 0.5) is 5.69 Å². The van der Waals surface area contributed by atoms with Crippen LogP contribution >= 0.6 is 34.3 Å². The maximum atomic E-state index is 11.1. The van der Waals surface area contributed by atoms with Crippen molar-refractivity contribution in [3.63, 3.8) is 0 Å². The van der Waals surface area contributed by atoms with Crippen molar-refractivity contribution in [1.82, 2.24) is 0 Å². The molecule has 2 heterocycles. The van der Waals surface area contributed by atoms with E-state index in [2.05, 4.69) is 67.7 Å². The molecule has 0 bridgehead atoms. The molecule has 2 saturated carbocycles. The summed E-state index contributed by atoms with van der Waals surface area (Å²) in [6, 6.07) is 24.8. The number of nitrogens with one attached hydrogen (secondary N) is 1. The van der Waals surface area contributed by atoms with Crippen molar-refractivity contribution < 1.29 is 9.90 Å². The Bertz CT molecular complexity index is 1730. The van der Waals surface area contributed by atoms with Crippen LogP contribution in [0.25, 0.3) is 20.2 Å². The Hall–Kier alpha value is -2.86. The Morgan fingerprint density at radius 3 is 1.76 bits per heavy atom. The predicted molar refractivity (Wildman–Crippen MR) is 195 cm³/mol. The zero-order valence-electron chi connectivity index (χ0n) is 26.4. The van der Waals surface area contributed by atoms with Crippen LogP contribution < -0.4 is 5.32 Å². The van der Waals surface area contributed by atoms with E-state index in [1.54, 1.807) is 12.1 Å². The normalized spacial score (nSPS) is 17.5. The maximum absolute atomic E-state index is 11.1. The Morgan fingerprint density at radius 1 is 0.711 bits per heavy atom. The lowest BCUT2D eigenvalue weighted by atomic mass is 9.80. The lowest BCUT2D eigenvalue weighted by Crippen LogP contribution is -2.23. The number of aromatic carboxylic acids is 1. The highest BCUT2D eigenvalue weighted by Gasteiger charge is 2.29. The fourth-order valence-electron chi connectivity index (χ4n) is 7.55. The number of benzene rings is 3. The van der Waals surface area contributed by atoms with Crippen molar-refractivity contribution in [3.8, 4) is 0 Å². The van der Waals surface area contributed by atoms with E-state index in [1.165, 1.54) is 105 Å². The third kappa shape index (κ3) is 7.26. The summed E-state index contributed by atoms with van der Waals surface area (Å²) in [6.45, 7) is 4.45. The highest BCUT2D eigenvalue weighted by molar-refractivity contribution is 7.19. The largest absolute Gasteiger partial charge is 0.478 e. The van der Waals surface area contributed by atoms with Gasteiger partial charge < -0.3 is 10.4 Å². The molecule has 236 valence electrons. The molecule has 0 saturated heterocycles. The van der Waals surface area contributed by atoms with E-state index >= 15 is 0 Å². The molecule has 3 aromatic carbocycles. The van der Waals surface area contributed by atoms with Crippen molar-refractivity contribution in [2.75, 3.05) is 5.32 Å². The SMILES string of the molecule is Cc1sc2ccccc2c1C(Cl)C1CCCCC1.Cc1sc2ccccc2c1C(Nc1ccc(C(=O)O)cc1)C1CCCCC1. The van der Waals surface area contributed by atoms with Crippen LogP contribution in [0.5, 0.6) is 0 Å². The van der Waals surface area contributed by atoms with Gasteiger partial charge >= 0.3 is 5.97 Å². The number of rotatable bonds is 7. The average molecular weight is 658 g/mol. The van der Waals surface area contributed by atoms with Crippen LogP contribution in [0.1, 0.15) is 107 Å². The third-order valence-corrected chi connectivity index (χ3v) is 12.6. The summed E-state index contributed by atoms with van der Waals surface area (Å²) in [4.78, 5) is 13.9. The van der Waals surface area contributed by atoms with E-state index in [9.17, 15) is 4.79 Å². The molecule has 2 fully saturated rings. The highest BCUT2D eigenvalue weighted by atomic mass is 35.5. The first-order valence-corrected chi connectivity index (χ1v) is 18.7. The maximum Gasteiger partial charge on any atom is 0.335 e. The second-order valence-electron chi connectivity index (χ2n) is 12.8. The third-order valence-electron chi connectivity index (χ3n) is 9.86. The van der Waals surface area contributed by atoms with E-state index < -0.39 is 5.97 Å². The number of hydrogen-bond acceptors (Lipinski definition) is 4. The molecule has 0 radical (unpaired) electrons. The lowest BCUT2D eigenvalue weighted by Gasteiger charge is -2.32. The van der Waals surface area contributed by atoms with Crippen molar-refractivity contribution >= 4 is 66.1 Å². The standard InChI is InChI=1S/C23H25NO2S.C16H19ClS/c1-15-21(19-9-5-6-10-20(19)27-15)22(16-7-3-2-4-8-16)24-18-13-11-17(12-14-18)23(25)26;1-11-15(13-9-5-6-10-14(13)18-11)16(17)12-7-3-2-4-8-12/h5-6,9-14,16,22,24H,2-4,7-8H2,1H3,(H,25,26);5-6,9-10,12,16H,2-4,7-8H2,1H3. The topological polar surface area (TPSA) is 49.3 Å². The predicted octanol–water partition coefficient (Wildman–Crippen LogP) is 12.7. The molecular weight excluding hydrogens is 614 g/mol. The minimum Gasteiger partial charge on any atom is -0.478 e. The van der Waals surface area contributed by atoms with Crippen LogP contribution in [0.2, 0.25) is 0 Å². The van der Waals surface area contributed by atoms with E-state index in [0.717, 1.165) is 5.69 Å². The molecule has 3 nitrogen and oxygen atoms in total. The highest BCUT2D eigenvalue weighted by Crippen LogP contribution is 2.46. The second kappa shape index (κ2) is 14.7. The summed E-state index contributed by atoms with van der Waals surface area (Å²) in [6.07, 6.45) is 13.1. The Balaban J connectivity index is 0.000000172. The van der Waals surface area contributed by atoms with E-state index in [-0.39, 0.29) is 11.4 Å². The quantitative estimate of drug-likeness (QED) is 0.171. The van der Waals surface area contributed by atoms with Gasteiger partial charge in [-0.15, -0.1) is 34.3 Å². The van der Waals surface area contributed by atoms with E-state index in [4.69, 9.17) is 16.7 Å². The number of carboxylic acid groups (broad SMARTS) is 1. The smallest absolute Gasteiger partial charge is 0.335 e. The van der Waals surface area contributed by atoms with Crippen molar-refractivity contribution in [3.05, 3.63) is 99.2 Å². The summed E-state index contributed by atoms with van der Waals surface area (Å²) in [5, 5.41) is 15.9. The first-order chi connectivity index (χ1) is 21.9. The van der Waals surface area contributed by atoms with Gasteiger partial charge in [-0.1, -0.05) is 74.9 Å². The Labute approximate surface area is 280 Å². The van der Waals surface area contributed by atoms with Gasteiger partial charge in [-0.3, -0.25) is 0 Å². The minimum atomic E-state index is -0.884. The first-order valence-electron chi connectivity index (χ1n) is 16.6. The van der Waals surface area contributed by atoms with Gasteiger partial charge in [0.25, 0.3) is 0 Å². The van der Waals surface area contributed by atoms with Gasteiger partial charge in [-0.25, -0.2) is 4.79 Å². The molecule has 2 aromatic heterocycles. The summed E-state index contributed by atoms with van der Waals surface area (Å²) in [5.41, 5.74) is 4.14. The molecule has 2 aliphatic rings. The summed E-state index contributed by atoms with van der Waals surface area (Å²) in [7, 11) is 0. The molecule has 2 aliphatic carbocycles. The molecule has 2 atom stereocenters. The molecule has 45 heavy (non-hydrogen) atoms. The number of halogens is 1. The lowest BCUT2D eigenvalue weighted by molar-refractivity contribution is 0.0697. The van der Waals surface area contributed by atoms with E-state index in [1.807, 2.05) is 34.8 Å². The van der Waals surface area contributed by atoms with Gasteiger partial charge in [-0.2, -0.15) is 0 Å². The monoisotopic (exact) mass is 657 g/mol. The van der Waals surface area contributed by atoms with Crippen LogP contribution in [-0.4, -0.2) is 11.1 Å². The zero-order valence-corrected chi connectivity index (χ0v) is 28.7. The molecule has 6 heteroatoms. The molecule has 5 aromatic rings. The van der Waals surface area contributed by atoms with Crippen molar-refractivity contribution in [2.45, 2.75) is 89.5 Å². The number of fused-ring (bicyclic) bond motifs is 2. The van der Waals surface area contributed by atoms with Gasteiger partial charge in [0.2, 0.25) is 0 Å². The summed E-state index contributed by atoms with van der Waals surface area (Å²) < 4.78 is 2.72. The molecule has 7 rings (SSSR count). The average Bonchev–Trinajstić information content (AvgIpc) is 3.59. The molecule has 0 spiro atoms. The van der Waals surface area contributed by atoms with Crippen molar-refractivity contribution in [1.29, 1.82) is 0 Å². The van der Waals surface area contributed by atoms with Gasteiger partial charge in [-0.05, 0) is 110 Å². The number of thiophene rings is 2. The van der Waals surface area contributed by atoms with Crippen LogP contribution in [0.3, 0.4) is 0 Å². The number of alkyl halides is 1. The molecule has 2 unspecified atom stereocenters. The number of hydrogen-bond donors (Lipinski definition) is 2. The van der Waals surface area contributed by atoms with Gasteiger partial charge in [0.15, 0.2) is 0 Å². The summed E-state index contributed by atoms with van der Waals surface area (Å²) in [5.74, 6) is 0.400. The summed E-state index contributed by atoms with van der Waals surface area (Å²) >= 11 is 10.6. The molecule has 0 aliphatic heterocycles. The van der Waals surface area contributed by atoms with Crippen LogP contribution in [0.15, 0.2) is 72.8 Å². The fourth-order valence-corrected chi connectivity index (χ4v) is 10.4. The Kier molecular flexibility index (Phi) is 10.5. The first kappa shape index (κ1) is 32.1. The van der Waals surface area contributed by atoms with E-state index in [0.29, 0.717) is 17.4 Å².